The van der Waals surface area contributed by atoms with Crippen LogP contribution >= 0.6 is 0 Å². The highest BCUT2D eigenvalue weighted by Crippen LogP contribution is 2.36. The number of rotatable bonds is 7. The van der Waals surface area contributed by atoms with E-state index in [1.165, 1.54) is 0 Å². The summed E-state index contributed by atoms with van der Waals surface area (Å²) in [6.45, 7) is 3.40. The molecule has 7 heteroatoms. The summed E-state index contributed by atoms with van der Waals surface area (Å²) in [7, 11) is 1.98. The largest absolute Gasteiger partial charge is 0.481 e. The Morgan fingerprint density at radius 1 is 1.00 bits per heavy atom. The molecule has 184 valence electrons. The average molecular weight is 484 g/mol. The number of ketones is 1. The van der Waals surface area contributed by atoms with Gasteiger partial charge >= 0.3 is 5.97 Å². The summed E-state index contributed by atoms with van der Waals surface area (Å²) >= 11 is 0. The molecule has 0 saturated carbocycles. The number of carboxylic acids is 1. The van der Waals surface area contributed by atoms with Crippen molar-refractivity contribution >= 4 is 34.6 Å². The zero-order valence-corrected chi connectivity index (χ0v) is 20.5. The standard InChI is InChI=1S/C29H29N3O4/c1-19-3-12-26-24(17-19)31-28(36-26)30-23-10-8-21(9-11-23)20-4-6-22(7-5-20)25(33)18-29(27(34)35)13-15-32(2)16-14-29/h3-12,17H,13-16,18H2,1-2H3,(H,30,31)(H,34,35). The molecule has 1 fully saturated rings. The van der Waals surface area contributed by atoms with Crippen molar-refractivity contribution in [1.29, 1.82) is 0 Å². The minimum Gasteiger partial charge on any atom is -0.481 e. The van der Waals surface area contributed by atoms with Crippen LogP contribution in [0.1, 0.15) is 35.2 Å². The van der Waals surface area contributed by atoms with Gasteiger partial charge in [0.05, 0.1) is 5.41 Å². The molecular formula is C29H29N3O4. The minimum atomic E-state index is -0.974. The number of carboxylic acid groups (broad SMARTS) is 1. The third-order valence-corrected chi connectivity index (χ3v) is 7.12. The summed E-state index contributed by atoms with van der Waals surface area (Å²) in [6, 6.07) is 21.6. The van der Waals surface area contributed by atoms with Gasteiger partial charge in [-0.05, 0) is 80.9 Å². The zero-order chi connectivity index (χ0) is 25.3. The van der Waals surface area contributed by atoms with Gasteiger partial charge in [-0.3, -0.25) is 9.59 Å². The Balaban J connectivity index is 1.26. The van der Waals surface area contributed by atoms with Gasteiger partial charge in [0.25, 0.3) is 6.01 Å². The molecule has 0 aliphatic carbocycles. The van der Waals surface area contributed by atoms with Crippen molar-refractivity contribution in [2.45, 2.75) is 26.2 Å². The van der Waals surface area contributed by atoms with E-state index in [1.54, 1.807) is 12.1 Å². The van der Waals surface area contributed by atoms with Crippen LogP contribution in [0.3, 0.4) is 0 Å². The highest BCUT2D eigenvalue weighted by molar-refractivity contribution is 5.99. The fourth-order valence-electron chi connectivity index (χ4n) is 4.73. The molecule has 0 amide bonds. The average Bonchev–Trinajstić information content (AvgIpc) is 3.27. The smallest absolute Gasteiger partial charge is 0.310 e. The molecule has 4 aromatic rings. The van der Waals surface area contributed by atoms with E-state index in [4.69, 9.17) is 4.42 Å². The molecule has 2 heterocycles. The van der Waals surface area contributed by atoms with Crippen molar-refractivity contribution in [3.8, 4) is 11.1 Å². The van der Waals surface area contributed by atoms with Crippen molar-refractivity contribution in [2.24, 2.45) is 5.41 Å². The number of Topliss-reactive ketones (excluding diaryl/α,β-unsaturated/α-hetero) is 1. The van der Waals surface area contributed by atoms with Crippen LogP contribution < -0.4 is 5.32 Å². The van der Waals surface area contributed by atoms with Gasteiger partial charge in [-0.15, -0.1) is 0 Å². The fourth-order valence-corrected chi connectivity index (χ4v) is 4.73. The SMILES string of the molecule is Cc1ccc2oc(Nc3ccc(-c4ccc(C(=O)CC5(C(=O)O)CCN(C)CC5)cc4)cc3)nc2c1. The number of benzene rings is 3. The second-order valence-electron chi connectivity index (χ2n) is 9.76. The Labute approximate surface area is 209 Å². The van der Waals surface area contributed by atoms with Crippen molar-refractivity contribution < 1.29 is 19.1 Å². The third-order valence-electron chi connectivity index (χ3n) is 7.12. The number of nitrogens with zero attached hydrogens (tertiary/aromatic N) is 2. The van der Waals surface area contributed by atoms with Gasteiger partial charge in [0.1, 0.15) is 5.52 Å². The lowest BCUT2D eigenvalue weighted by Gasteiger charge is -2.36. The summed E-state index contributed by atoms with van der Waals surface area (Å²) < 4.78 is 5.77. The molecule has 1 aliphatic rings. The maximum Gasteiger partial charge on any atom is 0.310 e. The molecule has 1 aliphatic heterocycles. The van der Waals surface area contributed by atoms with Gasteiger partial charge in [-0.2, -0.15) is 4.98 Å². The van der Waals surface area contributed by atoms with Crippen molar-refractivity contribution in [1.82, 2.24) is 9.88 Å². The molecule has 2 N–H and O–H groups in total. The number of fused-ring (bicyclic) bond motifs is 1. The molecule has 0 radical (unpaired) electrons. The number of nitrogens with one attached hydrogen (secondary N) is 1. The van der Waals surface area contributed by atoms with Crippen LogP contribution in [-0.2, 0) is 4.79 Å². The zero-order valence-electron chi connectivity index (χ0n) is 20.5. The predicted octanol–water partition coefficient (Wildman–Crippen LogP) is 5.92. The first-order valence-electron chi connectivity index (χ1n) is 12.1. The van der Waals surface area contributed by atoms with E-state index < -0.39 is 11.4 Å². The van der Waals surface area contributed by atoms with Crippen LogP contribution in [0.4, 0.5) is 11.7 Å². The summed E-state index contributed by atoms with van der Waals surface area (Å²) in [5.41, 5.74) is 5.08. The number of hydrogen-bond donors (Lipinski definition) is 2. The lowest BCUT2D eigenvalue weighted by atomic mass is 9.74. The molecule has 7 nitrogen and oxygen atoms in total. The number of carbonyl (C=O) groups excluding carboxylic acids is 1. The van der Waals surface area contributed by atoms with Crippen LogP contribution in [0.25, 0.3) is 22.2 Å². The first-order valence-corrected chi connectivity index (χ1v) is 12.1. The number of oxazole rings is 1. The maximum absolute atomic E-state index is 13.0. The Bertz CT molecular complexity index is 1400. The highest BCUT2D eigenvalue weighted by atomic mass is 16.4. The first-order chi connectivity index (χ1) is 17.3. The Kier molecular flexibility index (Phi) is 6.33. The number of piperidine rings is 1. The van der Waals surface area contributed by atoms with Crippen LogP contribution in [0.5, 0.6) is 0 Å². The van der Waals surface area contributed by atoms with Crippen LogP contribution in [-0.4, -0.2) is 46.9 Å². The monoisotopic (exact) mass is 483 g/mol. The molecule has 1 saturated heterocycles. The Hall–Kier alpha value is -3.97. The van der Waals surface area contributed by atoms with E-state index in [0.717, 1.165) is 33.5 Å². The summed E-state index contributed by atoms with van der Waals surface area (Å²) in [4.78, 5) is 31.6. The number of aromatic nitrogens is 1. The number of anilines is 2. The van der Waals surface area contributed by atoms with E-state index in [-0.39, 0.29) is 12.2 Å². The molecule has 0 atom stereocenters. The van der Waals surface area contributed by atoms with Crippen molar-refractivity contribution in [3.05, 3.63) is 77.9 Å². The summed E-state index contributed by atoms with van der Waals surface area (Å²) in [5.74, 6) is -0.996. The van der Waals surface area contributed by atoms with Crippen molar-refractivity contribution in [3.63, 3.8) is 0 Å². The lowest BCUT2D eigenvalue weighted by molar-refractivity contribution is -0.151. The minimum absolute atomic E-state index is 0.0330. The topological polar surface area (TPSA) is 95.7 Å². The number of likely N-dealkylation sites (tertiary alicyclic amines) is 1. The van der Waals surface area contributed by atoms with Crippen LogP contribution in [0.2, 0.25) is 0 Å². The van der Waals surface area contributed by atoms with E-state index in [9.17, 15) is 14.7 Å². The van der Waals surface area contributed by atoms with Gasteiger partial charge in [0, 0.05) is 17.7 Å². The van der Waals surface area contributed by atoms with Gasteiger partial charge in [-0.1, -0.05) is 42.5 Å². The number of aliphatic carboxylic acids is 1. The van der Waals surface area contributed by atoms with E-state index in [2.05, 4.69) is 15.2 Å². The third kappa shape index (κ3) is 4.88. The van der Waals surface area contributed by atoms with E-state index in [1.807, 2.05) is 68.6 Å². The normalized spacial score (nSPS) is 15.6. The lowest BCUT2D eigenvalue weighted by Crippen LogP contribution is -2.44. The highest BCUT2D eigenvalue weighted by Gasteiger charge is 2.42. The summed E-state index contributed by atoms with van der Waals surface area (Å²) in [6.07, 6.45) is 1.02. The fraction of sp³-hybridized carbons (Fsp3) is 0.276. The van der Waals surface area contributed by atoms with Crippen molar-refractivity contribution in [2.75, 3.05) is 25.5 Å². The van der Waals surface area contributed by atoms with Gasteiger partial charge in [0.2, 0.25) is 0 Å². The molecule has 0 unspecified atom stereocenters. The van der Waals surface area contributed by atoms with Gasteiger partial charge in [0.15, 0.2) is 11.4 Å². The quantitative estimate of drug-likeness (QED) is 0.315. The Morgan fingerprint density at radius 3 is 2.28 bits per heavy atom. The van der Waals surface area contributed by atoms with Gasteiger partial charge in [-0.25, -0.2) is 0 Å². The van der Waals surface area contributed by atoms with E-state index in [0.29, 0.717) is 37.5 Å². The van der Waals surface area contributed by atoms with Crippen LogP contribution in [0.15, 0.2) is 71.1 Å². The second kappa shape index (κ2) is 9.59. The first kappa shape index (κ1) is 23.8. The number of hydrogen-bond acceptors (Lipinski definition) is 6. The molecule has 1 aromatic heterocycles. The maximum atomic E-state index is 13.0. The Morgan fingerprint density at radius 2 is 1.64 bits per heavy atom. The molecule has 5 rings (SSSR count). The van der Waals surface area contributed by atoms with Crippen LogP contribution in [0, 0.1) is 12.3 Å². The number of carbonyl (C=O) groups is 2. The molecule has 0 spiro atoms. The predicted molar refractivity (Wildman–Crippen MR) is 140 cm³/mol. The second-order valence-corrected chi connectivity index (χ2v) is 9.76. The van der Waals surface area contributed by atoms with Gasteiger partial charge < -0.3 is 19.7 Å². The summed E-state index contributed by atoms with van der Waals surface area (Å²) in [5, 5.41) is 13.0. The molecule has 3 aromatic carbocycles. The molecular weight excluding hydrogens is 454 g/mol. The molecule has 0 bridgehead atoms. The molecule has 36 heavy (non-hydrogen) atoms. The van der Waals surface area contributed by atoms with E-state index >= 15 is 0 Å². The number of aryl methyl sites for hydroxylation is 1.